The van der Waals surface area contributed by atoms with Crippen LogP contribution in [-0.2, 0) is 10.2 Å². The Hall–Kier alpha value is -1.37. The minimum atomic E-state index is -0.317. The van der Waals surface area contributed by atoms with Crippen LogP contribution in [0.1, 0.15) is 25.8 Å². The Balaban J connectivity index is 1.90. The molecule has 0 saturated carbocycles. The number of ether oxygens (including phenoxy) is 1. The predicted octanol–water partition coefficient (Wildman–Crippen LogP) is 4.16. The van der Waals surface area contributed by atoms with Crippen LogP contribution in [0.15, 0.2) is 18.2 Å². The summed E-state index contributed by atoms with van der Waals surface area (Å²) in [4.78, 5) is 11.8. The summed E-state index contributed by atoms with van der Waals surface area (Å²) in [6.07, 6.45) is 0. The molecule has 2 rings (SSSR count). The van der Waals surface area contributed by atoms with E-state index < -0.39 is 0 Å². The summed E-state index contributed by atoms with van der Waals surface area (Å²) in [6.45, 7) is 5.95. The molecule has 118 valence electrons. The molecule has 0 atom stereocenters. The lowest BCUT2D eigenvalue weighted by Gasteiger charge is -2.12. The largest absolute Gasteiger partial charge is 0.484 e. The van der Waals surface area contributed by atoms with Gasteiger partial charge in [0.15, 0.2) is 6.61 Å². The molecule has 0 unspecified atom stereocenters. The Morgan fingerprint density at radius 1 is 1.27 bits per heavy atom. The lowest BCUT2D eigenvalue weighted by atomic mass is 9.98. The highest BCUT2D eigenvalue weighted by atomic mass is 35.5. The first-order valence-electron chi connectivity index (χ1n) is 6.47. The number of amides is 1. The van der Waals surface area contributed by atoms with Gasteiger partial charge < -0.3 is 4.74 Å². The maximum absolute atomic E-state index is 11.8. The first-order valence-corrected chi connectivity index (χ1v) is 8.04. The third-order valence-electron chi connectivity index (χ3n) is 2.57. The number of anilines is 1. The number of nitrogens with zero attached hydrogens (tertiary/aromatic N) is 2. The molecule has 0 aliphatic heterocycles. The predicted molar refractivity (Wildman–Crippen MR) is 89.2 cm³/mol. The number of hydrogen-bond acceptors (Lipinski definition) is 5. The number of hydrogen-bond donors (Lipinski definition) is 1. The zero-order valence-electron chi connectivity index (χ0n) is 12.3. The van der Waals surface area contributed by atoms with Crippen LogP contribution in [0.3, 0.4) is 0 Å². The van der Waals surface area contributed by atoms with Gasteiger partial charge in [-0.1, -0.05) is 55.3 Å². The fourth-order valence-corrected chi connectivity index (χ4v) is 2.55. The van der Waals surface area contributed by atoms with Crippen molar-refractivity contribution in [3.8, 4) is 5.75 Å². The third-order valence-corrected chi connectivity index (χ3v) is 4.58. The summed E-state index contributed by atoms with van der Waals surface area (Å²) >= 11 is 13.0. The van der Waals surface area contributed by atoms with Gasteiger partial charge in [-0.15, -0.1) is 10.2 Å². The second kappa shape index (κ2) is 6.81. The summed E-state index contributed by atoms with van der Waals surface area (Å²) in [6, 6.07) is 4.81. The van der Waals surface area contributed by atoms with E-state index in [9.17, 15) is 4.79 Å². The van der Waals surface area contributed by atoms with Gasteiger partial charge in [0.2, 0.25) is 5.13 Å². The maximum atomic E-state index is 11.8. The smallest absolute Gasteiger partial charge is 0.264 e. The van der Waals surface area contributed by atoms with Gasteiger partial charge in [0.1, 0.15) is 10.8 Å². The van der Waals surface area contributed by atoms with E-state index in [0.29, 0.717) is 20.9 Å². The molecule has 0 radical (unpaired) electrons. The van der Waals surface area contributed by atoms with E-state index >= 15 is 0 Å². The zero-order valence-corrected chi connectivity index (χ0v) is 14.6. The quantitative estimate of drug-likeness (QED) is 0.889. The summed E-state index contributed by atoms with van der Waals surface area (Å²) in [5, 5.41) is 12.8. The molecule has 0 fully saturated rings. The monoisotopic (exact) mass is 359 g/mol. The van der Waals surface area contributed by atoms with Gasteiger partial charge in [-0.05, 0) is 12.1 Å². The van der Waals surface area contributed by atoms with Gasteiger partial charge >= 0.3 is 0 Å². The fraction of sp³-hybridized carbons (Fsp3) is 0.357. The van der Waals surface area contributed by atoms with E-state index in [4.69, 9.17) is 27.9 Å². The van der Waals surface area contributed by atoms with Crippen molar-refractivity contribution in [2.75, 3.05) is 11.9 Å². The number of aromatic nitrogens is 2. The highest BCUT2D eigenvalue weighted by Crippen LogP contribution is 2.28. The van der Waals surface area contributed by atoms with Crippen LogP contribution in [0.25, 0.3) is 0 Å². The van der Waals surface area contributed by atoms with E-state index in [1.807, 2.05) is 20.8 Å². The molecule has 0 aliphatic rings. The average molecular weight is 360 g/mol. The first kappa shape index (κ1) is 17.0. The highest BCUT2D eigenvalue weighted by molar-refractivity contribution is 7.15. The zero-order chi connectivity index (χ0) is 16.3. The van der Waals surface area contributed by atoms with Crippen molar-refractivity contribution in [1.82, 2.24) is 10.2 Å². The number of carbonyl (C=O) groups is 1. The van der Waals surface area contributed by atoms with Crippen LogP contribution in [-0.4, -0.2) is 22.7 Å². The van der Waals surface area contributed by atoms with Gasteiger partial charge in [0, 0.05) is 11.5 Å². The third kappa shape index (κ3) is 4.56. The fourth-order valence-electron chi connectivity index (χ4n) is 1.45. The van der Waals surface area contributed by atoms with Crippen molar-refractivity contribution in [3.05, 3.63) is 33.3 Å². The molecule has 1 amide bonds. The van der Waals surface area contributed by atoms with Crippen molar-refractivity contribution in [3.63, 3.8) is 0 Å². The maximum Gasteiger partial charge on any atom is 0.264 e. The van der Waals surface area contributed by atoms with Crippen LogP contribution < -0.4 is 10.1 Å². The topological polar surface area (TPSA) is 64.1 Å². The summed E-state index contributed by atoms with van der Waals surface area (Å²) in [5.74, 6) is 0.153. The van der Waals surface area contributed by atoms with E-state index in [2.05, 4.69) is 15.5 Å². The van der Waals surface area contributed by atoms with Crippen LogP contribution in [0.5, 0.6) is 5.75 Å². The molecule has 0 bridgehead atoms. The Morgan fingerprint density at radius 2 is 2.00 bits per heavy atom. The Morgan fingerprint density at radius 3 is 2.59 bits per heavy atom. The Labute approximate surface area is 142 Å². The Kier molecular flexibility index (Phi) is 5.26. The van der Waals surface area contributed by atoms with E-state index in [1.54, 1.807) is 18.2 Å². The lowest BCUT2D eigenvalue weighted by molar-refractivity contribution is -0.118. The molecule has 22 heavy (non-hydrogen) atoms. The lowest BCUT2D eigenvalue weighted by Crippen LogP contribution is -2.20. The minimum absolute atomic E-state index is 0.1000. The molecule has 5 nitrogen and oxygen atoms in total. The molecule has 2 aromatic rings. The van der Waals surface area contributed by atoms with Crippen LogP contribution in [0.4, 0.5) is 5.13 Å². The van der Waals surface area contributed by atoms with Crippen molar-refractivity contribution in [2.45, 2.75) is 26.2 Å². The van der Waals surface area contributed by atoms with Crippen molar-refractivity contribution in [1.29, 1.82) is 0 Å². The van der Waals surface area contributed by atoms with Crippen molar-refractivity contribution >= 4 is 45.6 Å². The van der Waals surface area contributed by atoms with Crippen LogP contribution in [0.2, 0.25) is 10.0 Å². The SMILES string of the molecule is CC(C)(C)c1nnc(NC(=O)COc2ccc(Cl)c(Cl)c2)s1. The van der Waals surface area contributed by atoms with Crippen LogP contribution in [0, 0.1) is 0 Å². The molecule has 1 aromatic heterocycles. The average Bonchev–Trinajstić information content (AvgIpc) is 2.88. The van der Waals surface area contributed by atoms with Crippen LogP contribution >= 0.6 is 34.5 Å². The van der Waals surface area contributed by atoms with Gasteiger partial charge in [-0.3, -0.25) is 10.1 Å². The van der Waals surface area contributed by atoms with Gasteiger partial charge in [-0.25, -0.2) is 0 Å². The molecule has 1 N–H and O–H groups in total. The van der Waals surface area contributed by atoms with E-state index in [-0.39, 0.29) is 17.9 Å². The molecule has 1 aromatic carbocycles. The summed E-state index contributed by atoms with van der Waals surface area (Å²) in [5.41, 5.74) is -0.1000. The molecular formula is C14H15Cl2N3O2S. The second-order valence-electron chi connectivity index (χ2n) is 5.58. The normalized spacial score (nSPS) is 11.3. The van der Waals surface area contributed by atoms with E-state index in [1.165, 1.54) is 11.3 Å². The summed E-state index contributed by atoms with van der Waals surface area (Å²) < 4.78 is 5.35. The standard InChI is InChI=1S/C14H15Cl2N3O2S/c1-14(2,3)12-18-19-13(22-12)17-11(20)7-21-8-4-5-9(15)10(16)6-8/h4-6H,7H2,1-3H3,(H,17,19,20). The highest BCUT2D eigenvalue weighted by Gasteiger charge is 2.20. The molecule has 0 saturated heterocycles. The first-order chi connectivity index (χ1) is 10.3. The molecule has 1 heterocycles. The van der Waals surface area contributed by atoms with E-state index in [0.717, 1.165) is 5.01 Å². The Bertz CT molecular complexity index is 683. The number of nitrogens with one attached hydrogen (secondary N) is 1. The van der Waals surface area contributed by atoms with Gasteiger partial charge in [0.05, 0.1) is 10.0 Å². The number of carbonyl (C=O) groups excluding carboxylic acids is 1. The van der Waals surface area contributed by atoms with Gasteiger partial charge in [0.25, 0.3) is 5.91 Å². The van der Waals surface area contributed by atoms with Crippen molar-refractivity contribution in [2.24, 2.45) is 0 Å². The number of rotatable bonds is 4. The molecule has 0 spiro atoms. The molecule has 0 aliphatic carbocycles. The van der Waals surface area contributed by atoms with Crippen molar-refractivity contribution < 1.29 is 9.53 Å². The summed E-state index contributed by atoms with van der Waals surface area (Å²) in [7, 11) is 0. The number of halogens is 2. The molecular weight excluding hydrogens is 345 g/mol. The minimum Gasteiger partial charge on any atom is -0.484 e. The van der Waals surface area contributed by atoms with Gasteiger partial charge in [-0.2, -0.15) is 0 Å². The number of benzene rings is 1. The second-order valence-corrected chi connectivity index (χ2v) is 7.37. The molecule has 8 heteroatoms.